The summed E-state index contributed by atoms with van der Waals surface area (Å²) in [6.45, 7) is 2.84. The number of hydrogen-bond acceptors (Lipinski definition) is 3. The minimum absolute atomic E-state index is 0.134. The lowest BCUT2D eigenvalue weighted by Gasteiger charge is -2.04. The Hall–Kier alpha value is -1.36. The van der Waals surface area contributed by atoms with E-state index in [0.29, 0.717) is 29.6 Å². The molecule has 0 fully saturated rings. The molecule has 2 rings (SSSR count). The summed E-state index contributed by atoms with van der Waals surface area (Å²) in [5.41, 5.74) is 3.65. The zero-order valence-electron chi connectivity index (χ0n) is 11.1. The average molecular weight is 281 g/mol. The van der Waals surface area contributed by atoms with Crippen LogP contribution in [0.5, 0.6) is 0 Å². The maximum absolute atomic E-state index is 9.35. The molecule has 19 heavy (non-hydrogen) atoms. The van der Waals surface area contributed by atoms with Gasteiger partial charge in [-0.2, -0.15) is 5.10 Å². The Kier molecular flexibility index (Phi) is 4.58. The van der Waals surface area contributed by atoms with Crippen LogP contribution in [0.2, 0.25) is 5.15 Å². The van der Waals surface area contributed by atoms with Crippen molar-refractivity contribution < 1.29 is 9.84 Å². The van der Waals surface area contributed by atoms with Crippen LogP contribution in [0, 0.1) is 6.92 Å². The van der Waals surface area contributed by atoms with Gasteiger partial charge in [0.2, 0.25) is 0 Å². The van der Waals surface area contributed by atoms with Crippen LogP contribution in [0.4, 0.5) is 0 Å². The van der Waals surface area contributed by atoms with E-state index in [-0.39, 0.29) is 6.61 Å². The normalized spacial score (nSPS) is 10.9. The average Bonchev–Trinajstić information content (AvgIpc) is 2.69. The number of methoxy groups -OCH3 is 1. The summed E-state index contributed by atoms with van der Waals surface area (Å²) < 4.78 is 6.75. The fourth-order valence-corrected chi connectivity index (χ4v) is 2.17. The van der Waals surface area contributed by atoms with Gasteiger partial charge >= 0.3 is 0 Å². The molecule has 0 aliphatic rings. The molecule has 0 unspecified atom stereocenters. The highest BCUT2D eigenvalue weighted by atomic mass is 35.5. The van der Waals surface area contributed by atoms with Crippen molar-refractivity contribution in [2.75, 3.05) is 7.11 Å². The highest BCUT2D eigenvalue weighted by molar-refractivity contribution is 6.30. The lowest BCUT2D eigenvalue weighted by Crippen LogP contribution is -2.02. The van der Waals surface area contributed by atoms with Gasteiger partial charge in [0.05, 0.1) is 25.5 Å². The van der Waals surface area contributed by atoms with Crippen molar-refractivity contribution in [2.45, 2.75) is 26.7 Å². The van der Waals surface area contributed by atoms with E-state index in [1.807, 2.05) is 19.1 Å². The first kappa shape index (κ1) is 14.1. The number of aryl methyl sites for hydroxylation is 1. The fourth-order valence-electron chi connectivity index (χ4n) is 1.91. The molecule has 0 amide bonds. The van der Waals surface area contributed by atoms with Gasteiger partial charge in [0.15, 0.2) is 0 Å². The molecule has 0 bridgehead atoms. The highest BCUT2D eigenvalue weighted by Crippen LogP contribution is 2.22. The number of nitrogens with zero attached hydrogens (tertiary/aromatic N) is 2. The van der Waals surface area contributed by atoms with E-state index in [1.54, 1.807) is 11.8 Å². The second-order valence-corrected chi connectivity index (χ2v) is 4.81. The third-order valence-corrected chi connectivity index (χ3v) is 3.38. The molecular weight excluding hydrogens is 264 g/mol. The monoisotopic (exact) mass is 280 g/mol. The number of aliphatic hydroxyl groups is 1. The first-order valence-electron chi connectivity index (χ1n) is 6.05. The van der Waals surface area contributed by atoms with Gasteiger partial charge in [-0.05, 0) is 12.5 Å². The molecule has 4 nitrogen and oxygen atoms in total. The Labute approximate surface area is 117 Å². The van der Waals surface area contributed by atoms with Gasteiger partial charge in [0.25, 0.3) is 0 Å². The Balaban J connectivity index is 2.27. The molecule has 1 heterocycles. The third-order valence-electron chi connectivity index (χ3n) is 2.96. The molecule has 1 aromatic carbocycles. The number of aliphatic hydroxyl groups excluding tert-OH is 1. The van der Waals surface area contributed by atoms with Crippen LogP contribution in [0.25, 0.3) is 0 Å². The quantitative estimate of drug-likeness (QED) is 0.915. The maximum Gasteiger partial charge on any atom is 0.133 e. The van der Waals surface area contributed by atoms with Crippen molar-refractivity contribution in [2.24, 2.45) is 0 Å². The fraction of sp³-hybridized carbons (Fsp3) is 0.357. The maximum atomic E-state index is 9.35. The summed E-state index contributed by atoms with van der Waals surface area (Å²) in [7, 11) is 1.59. The van der Waals surface area contributed by atoms with Crippen molar-refractivity contribution in [3.8, 4) is 0 Å². The topological polar surface area (TPSA) is 47.3 Å². The molecular formula is C14H17ClN2O2. The molecule has 1 aromatic heterocycles. The van der Waals surface area contributed by atoms with Crippen molar-refractivity contribution in [1.29, 1.82) is 0 Å². The van der Waals surface area contributed by atoms with E-state index in [1.165, 1.54) is 5.56 Å². The molecule has 102 valence electrons. The minimum atomic E-state index is -0.134. The highest BCUT2D eigenvalue weighted by Gasteiger charge is 2.15. The Morgan fingerprint density at radius 1 is 1.32 bits per heavy atom. The van der Waals surface area contributed by atoms with E-state index < -0.39 is 0 Å². The predicted octanol–water partition coefficient (Wildman–Crippen LogP) is 2.53. The zero-order chi connectivity index (χ0) is 13.8. The molecule has 0 spiro atoms. The summed E-state index contributed by atoms with van der Waals surface area (Å²) >= 11 is 6.23. The summed E-state index contributed by atoms with van der Waals surface area (Å²) in [6, 6.07) is 8.19. The lowest BCUT2D eigenvalue weighted by atomic mass is 10.1. The lowest BCUT2D eigenvalue weighted by molar-refractivity contribution is 0.177. The minimum Gasteiger partial charge on any atom is -0.391 e. The predicted molar refractivity (Wildman–Crippen MR) is 74.2 cm³/mol. The van der Waals surface area contributed by atoms with Gasteiger partial charge in [0, 0.05) is 12.7 Å². The molecule has 0 radical (unpaired) electrons. The molecule has 5 heteroatoms. The second kappa shape index (κ2) is 6.19. The number of halogens is 1. The van der Waals surface area contributed by atoms with E-state index in [9.17, 15) is 5.11 Å². The Morgan fingerprint density at radius 2 is 2.00 bits per heavy atom. The van der Waals surface area contributed by atoms with Gasteiger partial charge in [-0.1, -0.05) is 41.4 Å². The van der Waals surface area contributed by atoms with E-state index >= 15 is 0 Å². The number of hydrogen-bond donors (Lipinski definition) is 1. The van der Waals surface area contributed by atoms with Crippen LogP contribution in [0.15, 0.2) is 24.3 Å². The van der Waals surface area contributed by atoms with Crippen LogP contribution < -0.4 is 0 Å². The van der Waals surface area contributed by atoms with Crippen molar-refractivity contribution >= 4 is 11.6 Å². The summed E-state index contributed by atoms with van der Waals surface area (Å²) in [5.74, 6) is 0. The molecule has 2 aromatic rings. The van der Waals surface area contributed by atoms with Crippen LogP contribution in [0.1, 0.15) is 22.4 Å². The third kappa shape index (κ3) is 3.15. The number of ether oxygens (including phenoxy) is 1. The number of rotatable bonds is 5. The zero-order valence-corrected chi connectivity index (χ0v) is 11.8. The van der Waals surface area contributed by atoms with E-state index in [4.69, 9.17) is 16.3 Å². The van der Waals surface area contributed by atoms with Crippen LogP contribution in [-0.2, 0) is 24.5 Å². The van der Waals surface area contributed by atoms with Gasteiger partial charge in [-0.15, -0.1) is 0 Å². The second-order valence-electron chi connectivity index (χ2n) is 4.45. The van der Waals surface area contributed by atoms with E-state index in [0.717, 1.165) is 5.56 Å². The standard InChI is InChI=1S/C14H17ClN2O2/c1-10-3-5-11(6-4-10)7-17-14(15)12(8-18)13(16-17)9-19-2/h3-6,18H,7-9H2,1-2H3. The van der Waals surface area contributed by atoms with Crippen molar-refractivity contribution in [3.05, 3.63) is 51.8 Å². The van der Waals surface area contributed by atoms with Crippen molar-refractivity contribution in [3.63, 3.8) is 0 Å². The molecule has 0 atom stereocenters. The smallest absolute Gasteiger partial charge is 0.133 e. The molecule has 1 N–H and O–H groups in total. The number of aromatic nitrogens is 2. The Bertz CT molecular complexity index is 549. The molecule has 0 aliphatic carbocycles. The molecule has 0 saturated carbocycles. The first-order chi connectivity index (χ1) is 9.15. The first-order valence-corrected chi connectivity index (χ1v) is 6.43. The van der Waals surface area contributed by atoms with Gasteiger partial charge in [-0.25, -0.2) is 4.68 Å². The Morgan fingerprint density at radius 3 is 2.58 bits per heavy atom. The summed E-state index contributed by atoms with van der Waals surface area (Å²) in [5, 5.41) is 14.2. The van der Waals surface area contributed by atoms with Crippen molar-refractivity contribution in [1.82, 2.24) is 9.78 Å². The molecule has 0 saturated heterocycles. The van der Waals surface area contributed by atoms with Crippen LogP contribution in [0.3, 0.4) is 0 Å². The molecule has 0 aliphatic heterocycles. The van der Waals surface area contributed by atoms with E-state index in [2.05, 4.69) is 17.2 Å². The van der Waals surface area contributed by atoms with Crippen LogP contribution >= 0.6 is 11.6 Å². The van der Waals surface area contributed by atoms with Gasteiger partial charge in [0.1, 0.15) is 5.15 Å². The van der Waals surface area contributed by atoms with Gasteiger partial charge in [-0.3, -0.25) is 0 Å². The number of benzene rings is 1. The van der Waals surface area contributed by atoms with Gasteiger partial charge < -0.3 is 9.84 Å². The SMILES string of the molecule is COCc1nn(Cc2ccc(C)cc2)c(Cl)c1CO. The summed E-state index contributed by atoms with van der Waals surface area (Å²) in [4.78, 5) is 0. The van der Waals surface area contributed by atoms with Crippen LogP contribution in [-0.4, -0.2) is 22.0 Å². The largest absolute Gasteiger partial charge is 0.391 e. The summed E-state index contributed by atoms with van der Waals surface area (Å²) in [6.07, 6.45) is 0.